The SMILES string of the molecule is OC1(Cc2cccc(-n3cncn3)c2)CC1. The Morgan fingerprint density at radius 3 is 2.94 bits per heavy atom. The third-order valence-electron chi connectivity index (χ3n) is 2.95. The summed E-state index contributed by atoms with van der Waals surface area (Å²) < 4.78 is 1.72. The van der Waals surface area contributed by atoms with Crippen LogP contribution in [0.2, 0.25) is 0 Å². The third kappa shape index (κ3) is 1.84. The first-order valence-electron chi connectivity index (χ1n) is 5.42. The average molecular weight is 215 g/mol. The smallest absolute Gasteiger partial charge is 0.138 e. The van der Waals surface area contributed by atoms with Crippen LogP contribution < -0.4 is 0 Å². The maximum atomic E-state index is 9.87. The van der Waals surface area contributed by atoms with Crippen molar-refractivity contribution in [2.24, 2.45) is 0 Å². The van der Waals surface area contributed by atoms with Crippen LogP contribution in [0.1, 0.15) is 18.4 Å². The zero-order valence-corrected chi connectivity index (χ0v) is 8.87. The van der Waals surface area contributed by atoms with Gasteiger partial charge in [0.15, 0.2) is 0 Å². The average Bonchev–Trinajstić information content (AvgIpc) is 2.84. The summed E-state index contributed by atoms with van der Waals surface area (Å²) in [6.45, 7) is 0. The highest BCUT2D eigenvalue weighted by molar-refractivity contribution is 5.35. The monoisotopic (exact) mass is 215 g/mol. The molecule has 1 N–H and O–H groups in total. The summed E-state index contributed by atoms with van der Waals surface area (Å²) in [5, 5.41) is 14.0. The van der Waals surface area contributed by atoms with E-state index in [0.29, 0.717) is 0 Å². The molecule has 1 aliphatic carbocycles. The van der Waals surface area contributed by atoms with Crippen LogP contribution in [0.4, 0.5) is 0 Å². The fraction of sp³-hybridized carbons (Fsp3) is 0.333. The van der Waals surface area contributed by atoms with Crippen LogP contribution in [0.25, 0.3) is 5.69 Å². The van der Waals surface area contributed by atoms with Crippen LogP contribution in [0, 0.1) is 0 Å². The predicted octanol–water partition coefficient (Wildman–Crippen LogP) is 1.33. The number of nitrogens with zero attached hydrogens (tertiary/aromatic N) is 3. The van der Waals surface area contributed by atoms with Crippen molar-refractivity contribution in [2.75, 3.05) is 0 Å². The van der Waals surface area contributed by atoms with Crippen molar-refractivity contribution in [3.63, 3.8) is 0 Å². The summed E-state index contributed by atoms with van der Waals surface area (Å²) in [6.07, 6.45) is 5.75. The second-order valence-corrected chi connectivity index (χ2v) is 4.41. The number of hydrogen-bond donors (Lipinski definition) is 1. The summed E-state index contributed by atoms with van der Waals surface area (Å²) in [6, 6.07) is 8.05. The molecule has 0 atom stereocenters. The molecule has 4 nitrogen and oxygen atoms in total. The highest BCUT2D eigenvalue weighted by atomic mass is 16.3. The lowest BCUT2D eigenvalue weighted by Crippen LogP contribution is -2.10. The molecule has 0 saturated heterocycles. The topological polar surface area (TPSA) is 50.9 Å². The van der Waals surface area contributed by atoms with E-state index < -0.39 is 5.60 Å². The van der Waals surface area contributed by atoms with Crippen molar-refractivity contribution in [3.05, 3.63) is 42.5 Å². The lowest BCUT2D eigenvalue weighted by molar-refractivity contribution is 0.151. The lowest BCUT2D eigenvalue weighted by atomic mass is 10.1. The molecule has 1 aromatic heterocycles. The first-order valence-corrected chi connectivity index (χ1v) is 5.42. The molecule has 1 aliphatic rings. The van der Waals surface area contributed by atoms with Crippen molar-refractivity contribution in [3.8, 4) is 5.69 Å². The fourth-order valence-electron chi connectivity index (χ4n) is 1.85. The molecule has 0 bridgehead atoms. The second kappa shape index (κ2) is 3.42. The molecule has 0 amide bonds. The summed E-state index contributed by atoms with van der Waals surface area (Å²) in [7, 11) is 0. The van der Waals surface area contributed by atoms with Gasteiger partial charge in [0.05, 0.1) is 11.3 Å². The number of benzene rings is 1. The first kappa shape index (κ1) is 9.54. The molecule has 82 valence electrons. The standard InChI is InChI=1S/C12H13N3O/c16-12(4-5-12)7-10-2-1-3-11(6-10)15-9-13-8-14-15/h1-3,6,8-9,16H,4-5,7H2. The van der Waals surface area contributed by atoms with Gasteiger partial charge in [0.25, 0.3) is 0 Å². The van der Waals surface area contributed by atoms with Gasteiger partial charge < -0.3 is 5.11 Å². The molecular weight excluding hydrogens is 202 g/mol. The number of hydrogen-bond acceptors (Lipinski definition) is 3. The molecule has 4 heteroatoms. The van der Waals surface area contributed by atoms with Gasteiger partial charge in [-0.1, -0.05) is 12.1 Å². The highest BCUT2D eigenvalue weighted by Gasteiger charge is 2.40. The van der Waals surface area contributed by atoms with E-state index in [4.69, 9.17) is 0 Å². The minimum absolute atomic E-state index is 0.443. The maximum Gasteiger partial charge on any atom is 0.138 e. The van der Waals surface area contributed by atoms with Gasteiger partial charge in [0.1, 0.15) is 12.7 Å². The minimum atomic E-state index is -0.443. The van der Waals surface area contributed by atoms with Gasteiger partial charge in [-0.15, -0.1) is 0 Å². The maximum absolute atomic E-state index is 9.87. The van der Waals surface area contributed by atoms with Crippen molar-refractivity contribution in [1.29, 1.82) is 0 Å². The Kier molecular flexibility index (Phi) is 2.04. The zero-order chi connectivity index (χ0) is 11.0. The van der Waals surface area contributed by atoms with E-state index in [9.17, 15) is 5.11 Å². The Morgan fingerprint density at radius 2 is 2.25 bits per heavy atom. The number of rotatable bonds is 3. The summed E-state index contributed by atoms with van der Waals surface area (Å²) in [4.78, 5) is 3.92. The van der Waals surface area contributed by atoms with Gasteiger partial charge >= 0.3 is 0 Å². The number of aliphatic hydroxyl groups is 1. The van der Waals surface area contributed by atoms with Gasteiger partial charge in [0.2, 0.25) is 0 Å². The van der Waals surface area contributed by atoms with Gasteiger partial charge in [-0.2, -0.15) is 5.10 Å². The molecular formula is C12H13N3O. The first-order chi connectivity index (χ1) is 7.75. The molecule has 1 aromatic carbocycles. The third-order valence-corrected chi connectivity index (χ3v) is 2.95. The van der Waals surface area contributed by atoms with E-state index in [1.807, 2.05) is 24.3 Å². The largest absolute Gasteiger partial charge is 0.390 e. The molecule has 2 aromatic rings. The second-order valence-electron chi connectivity index (χ2n) is 4.41. The fourth-order valence-corrected chi connectivity index (χ4v) is 1.85. The van der Waals surface area contributed by atoms with Gasteiger partial charge in [-0.3, -0.25) is 0 Å². The molecule has 0 spiro atoms. The lowest BCUT2D eigenvalue weighted by Gasteiger charge is -2.08. The molecule has 3 rings (SSSR count). The van der Waals surface area contributed by atoms with Crippen molar-refractivity contribution >= 4 is 0 Å². The molecule has 0 unspecified atom stereocenters. The van der Waals surface area contributed by atoms with Crippen LogP contribution in [-0.4, -0.2) is 25.5 Å². The van der Waals surface area contributed by atoms with E-state index in [-0.39, 0.29) is 0 Å². The van der Waals surface area contributed by atoms with Crippen molar-refractivity contribution in [1.82, 2.24) is 14.8 Å². The molecule has 0 radical (unpaired) electrons. The van der Waals surface area contributed by atoms with Crippen molar-refractivity contribution in [2.45, 2.75) is 24.9 Å². The Labute approximate surface area is 93.6 Å². The predicted molar refractivity (Wildman–Crippen MR) is 59.2 cm³/mol. The van der Waals surface area contributed by atoms with E-state index in [1.54, 1.807) is 11.0 Å². The molecule has 1 heterocycles. The summed E-state index contributed by atoms with van der Waals surface area (Å²) >= 11 is 0. The number of aromatic nitrogens is 3. The van der Waals surface area contributed by atoms with Gasteiger partial charge in [-0.25, -0.2) is 9.67 Å². The molecule has 1 fully saturated rings. The zero-order valence-electron chi connectivity index (χ0n) is 8.87. The molecule has 1 saturated carbocycles. The van der Waals surface area contributed by atoms with Crippen LogP contribution in [0.15, 0.2) is 36.9 Å². The molecule has 16 heavy (non-hydrogen) atoms. The van der Waals surface area contributed by atoms with Gasteiger partial charge in [0, 0.05) is 6.42 Å². The van der Waals surface area contributed by atoms with E-state index in [0.717, 1.165) is 30.5 Å². The molecule has 0 aliphatic heterocycles. The Balaban J connectivity index is 1.88. The Morgan fingerprint density at radius 1 is 1.38 bits per heavy atom. The van der Waals surface area contributed by atoms with Crippen LogP contribution in [-0.2, 0) is 6.42 Å². The van der Waals surface area contributed by atoms with Crippen LogP contribution in [0.5, 0.6) is 0 Å². The van der Waals surface area contributed by atoms with Crippen molar-refractivity contribution < 1.29 is 5.11 Å². The summed E-state index contributed by atoms with van der Waals surface area (Å²) in [5.41, 5.74) is 1.69. The summed E-state index contributed by atoms with van der Waals surface area (Å²) in [5.74, 6) is 0. The normalized spacial score (nSPS) is 17.3. The van der Waals surface area contributed by atoms with E-state index >= 15 is 0 Å². The highest BCUT2D eigenvalue weighted by Crippen LogP contribution is 2.38. The Hall–Kier alpha value is -1.68. The quantitative estimate of drug-likeness (QED) is 0.840. The Bertz CT molecular complexity index is 489. The van der Waals surface area contributed by atoms with Crippen LogP contribution in [0.3, 0.4) is 0 Å². The minimum Gasteiger partial charge on any atom is -0.390 e. The van der Waals surface area contributed by atoms with E-state index in [2.05, 4.69) is 10.1 Å². The van der Waals surface area contributed by atoms with E-state index in [1.165, 1.54) is 6.33 Å². The van der Waals surface area contributed by atoms with Gasteiger partial charge in [-0.05, 0) is 30.5 Å². The van der Waals surface area contributed by atoms with Crippen LogP contribution >= 0.6 is 0 Å².